The van der Waals surface area contributed by atoms with Gasteiger partial charge in [0.15, 0.2) is 0 Å². The van der Waals surface area contributed by atoms with Crippen LogP contribution in [0.25, 0.3) is 0 Å². The topological polar surface area (TPSA) is 78.4 Å². The highest BCUT2D eigenvalue weighted by Crippen LogP contribution is 2.16. The fourth-order valence-electron chi connectivity index (χ4n) is 1.90. The predicted octanol–water partition coefficient (Wildman–Crippen LogP) is 2.76. The summed E-state index contributed by atoms with van der Waals surface area (Å²) in [6, 6.07) is 8.31. The zero-order valence-corrected chi connectivity index (χ0v) is 12.1. The number of carboxylic acids is 1. The van der Waals surface area contributed by atoms with Gasteiger partial charge in [-0.3, -0.25) is 0 Å². The van der Waals surface area contributed by atoms with Gasteiger partial charge in [0.25, 0.3) is 0 Å². The van der Waals surface area contributed by atoms with Crippen LogP contribution in [-0.4, -0.2) is 34.6 Å². The summed E-state index contributed by atoms with van der Waals surface area (Å²) in [6.45, 7) is 3.03. The van der Waals surface area contributed by atoms with Gasteiger partial charge in [0.2, 0.25) is 5.95 Å². The normalized spacial score (nSPS) is 10.2. The van der Waals surface area contributed by atoms with Crippen LogP contribution < -0.4 is 10.2 Å². The van der Waals surface area contributed by atoms with Crippen LogP contribution in [0.1, 0.15) is 23.7 Å². The molecule has 0 spiro atoms. The molecule has 0 unspecified atom stereocenters. The third-order valence-electron chi connectivity index (χ3n) is 2.98. The zero-order valence-electron chi connectivity index (χ0n) is 12.1. The van der Waals surface area contributed by atoms with E-state index in [1.165, 1.54) is 12.1 Å². The number of carboxylic acid groups (broad SMARTS) is 1. The van der Waals surface area contributed by atoms with Gasteiger partial charge in [-0.05, 0) is 36.8 Å². The van der Waals surface area contributed by atoms with Gasteiger partial charge in [-0.2, -0.15) is 4.98 Å². The van der Waals surface area contributed by atoms with Crippen molar-refractivity contribution in [3.63, 3.8) is 0 Å². The first kappa shape index (κ1) is 14.8. The van der Waals surface area contributed by atoms with E-state index in [4.69, 9.17) is 5.11 Å². The SMILES string of the molecule is CCCN(C)c1ccnc(Nc2ccc(C(=O)O)cc2)n1. The fraction of sp³-hybridized carbons (Fsp3) is 0.267. The van der Waals surface area contributed by atoms with Gasteiger partial charge >= 0.3 is 5.97 Å². The molecule has 0 amide bonds. The lowest BCUT2D eigenvalue weighted by molar-refractivity contribution is 0.0697. The molecule has 0 saturated carbocycles. The quantitative estimate of drug-likeness (QED) is 0.850. The maximum absolute atomic E-state index is 10.8. The Kier molecular flexibility index (Phi) is 4.71. The molecule has 0 atom stereocenters. The van der Waals surface area contributed by atoms with Gasteiger partial charge in [-0.15, -0.1) is 0 Å². The van der Waals surface area contributed by atoms with Crippen LogP contribution in [0.5, 0.6) is 0 Å². The lowest BCUT2D eigenvalue weighted by atomic mass is 10.2. The molecule has 0 saturated heterocycles. The molecule has 6 nitrogen and oxygen atoms in total. The van der Waals surface area contributed by atoms with E-state index in [1.807, 2.05) is 13.1 Å². The molecule has 2 N–H and O–H groups in total. The fourth-order valence-corrected chi connectivity index (χ4v) is 1.90. The number of nitrogens with zero attached hydrogens (tertiary/aromatic N) is 3. The molecular weight excluding hydrogens is 268 g/mol. The van der Waals surface area contributed by atoms with E-state index >= 15 is 0 Å². The first-order valence-electron chi connectivity index (χ1n) is 6.74. The molecule has 0 radical (unpaired) electrons. The van der Waals surface area contributed by atoms with Crippen molar-refractivity contribution in [1.82, 2.24) is 9.97 Å². The Hall–Kier alpha value is -2.63. The molecule has 1 aromatic heterocycles. The molecule has 110 valence electrons. The van der Waals surface area contributed by atoms with Crippen molar-refractivity contribution >= 4 is 23.4 Å². The number of anilines is 3. The van der Waals surface area contributed by atoms with Gasteiger partial charge in [0.1, 0.15) is 5.82 Å². The van der Waals surface area contributed by atoms with Gasteiger partial charge < -0.3 is 15.3 Å². The number of aromatic nitrogens is 2. The van der Waals surface area contributed by atoms with E-state index < -0.39 is 5.97 Å². The number of hydrogen-bond acceptors (Lipinski definition) is 5. The highest BCUT2D eigenvalue weighted by atomic mass is 16.4. The van der Waals surface area contributed by atoms with Gasteiger partial charge in [0, 0.05) is 25.5 Å². The number of nitrogens with one attached hydrogen (secondary N) is 1. The first-order chi connectivity index (χ1) is 10.1. The highest BCUT2D eigenvalue weighted by Gasteiger charge is 2.05. The Morgan fingerprint density at radius 1 is 1.29 bits per heavy atom. The average Bonchev–Trinajstić information content (AvgIpc) is 2.48. The van der Waals surface area contributed by atoms with Gasteiger partial charge in [-0.1, -0.05) is 6.92 Å². The highest BCUT2D eigenvalue weighted by molar-refractivity contribution is 5.88. The van der Waals surface area contributed by atoms with Crippen LogP contribution in [-0.2, 0) is 0 Å². The van der Waals surface area contributed by atoms with E-state index in [0.717, 1.165) is 24.5 Å². The van der Waals surface area contributed by atoms with Crippen molar-refractivity contribution < 1.29 is 9.90 Å². The minimum absolute atomic E-state index is 0.248. The van der Waals surface area contributed by atoms with Crippen molar-refractivity contribution in [3.05, 3.63) is 42.1 Å². The van der Waals surface area contributed by atoms with E-state index in [1.54, 1.807) is 18.3 Å². The smallest absolute Gasteiger partial charge is 0.335 e. The van der Waals surface area contributed by atoms with Gasteiger partial charge in [0.05, 0.1) is 5.56 Å². The molecule has 1 heterocycles. The summed E-state index contributed by atoms with van der Waals surface area (Å²) < 4.78 is 0. The van der Waals surface area contributed by atoms with E-state index in [9.17, 15) is 4.79 Å². The largest absolute Gasteiger partial charge is 0.478 e. The molecular formula is C15H18N4O2. The Labute approximate surface area is 123 Å². The Morgan fingerprint density at radius 2 is 2.00 bits per heavy atom. The minimum Gasteiger partial charge on any atom is -0.478 e. The summed E-state index contributed by atoms with van der Waals surface area (Å²) in [5.41, 5.74) is 0.994. The molecule has 6 heteroatoms. The van der Waals surface area contributed by atoms with Crippen molar-refractivity contribution in [2.24, 2.45) is 0 Å². The monoisotopic (exact) mass is 286 g/mol. The third kappa shape index (κ3) is 3.92. The van der Waals surface area contributed by atoms with E-state index in [2.05, 4.69) is 27.1 Å². The predicted molar refractivity (Wildman–Crippen MR) is 82.3 cm³/mol. The number of carbonyl (C=O) groups is 1. The summed E-state index contributed by atoms with van der Waals surface area (Å²) in [7, 11) is 1.98. The first-order valence-corrected chi connectivity index (χ1v) is 6.74. The Balaban J connectivity index is 2.12. The van der Waals surface area contributed by atoms with Crippen molar-refractivity contribution in [2.45, 2.75) is 13.3 Å². The molecule has 2 aromatic rings. The van der Waals surface area contributed by atoms with Crippen LogP contribution in [0.2, 0.25) is 0 Å². The molecule has 2 rings (SSSR count). The van der Waals surface area contributed by atoms with Crippen LogP contribution in [0.15, 0.2) is 36.5 Å². The maximum Gasteiger partial charge on any atom is 0.335 e. The molecule has 1 aromatic carbocycles. The van der Waals surface area contributed by atoms with E-state index in [-0.39, 0.29) is 5.56 Å². The number of hydrogen-bond donors (Lipinski definition) is 2. The second-order valence-electron chi connectivity index (χ2n) is 4.67. The van der Waals surface area contributed by atoms with Crippen molar-refractivity contribution in [1.29, 1.82) is 0 Å². The zero-order chi connectivity index (χ0) is 15.2. The standard InChI is InChI=1S/C15H18N4O2/c1-3-10-19(2)13-8-9-16-15(18-13)17-12-6-4-11(5-7-12)14(20)21/h4-9H,3,10H2,1-2H3,(H,20,21)(H,16,17,18). The van der Waals surface area contributed by atoms with Crippen LogP contribution in [0.3, 0.4) is 0 Å². The summed E-state index contributed by atoms with van der Waals surface area (Å²) >= 11 is 0. The van der Waals surface area contributed by atoms with Crippen molar-refractivity contribution in [3.8, 4) is 0 Å². The van der Waals surface area contributed by atoms with E-state index in [0.29, 0.717) is 5.95 Å². The minimum atomic E-state index is -0.944. The van der Waals surface area contributed by atoms with Gasteiger partial charge in [-0.25, -0.2) is 9.78 Å². The molecule has 21 heavy (non-hydrogen) atoms. The van der Waals surface area contributed by atoms with Crippen LogP contribution >= 0.6 is 0 Å². The summed E-state index contributed by atoms with van der Waals surface area (Å²) in [6.07, 6.45) is 2.74. The lowest BCUT2D eigenvalue weighted by Gasteiger charge is -2.17. The molecule has 0 aliphatic rings. The van der Waals surface area contributed by atoms with Crippen LogP contribution in [0.4, 0.5) is 17.5 Å². The molecule has 0 fully saturated rings. The average molecular weight is 286 g/mol. The third-order valence-corrected chi connectivity index (χ3v) is 2.98. The molecule has 0 aliphatic carbocycles. The van der Waals surface area contributed by atoms with Crippen molar-refractivity contribution in [2.75, 3.05) is 23.8 Å². The number of aromatic carboxylic acids is 1. The number of rotatable bonds is 6. The summed E-state index contributed by atoms with van der Waals surface area (Å²) in [4.78, 5) is 21.5. The maximum atomic E-state index is 10.8. The number of benzene rings is 1. The lowest BCUT2D eigenvalue weighted by Crippen LogP contribution is -2.19. The summed E-state index contributed by atoms with van der Waals surface area (Å²) in [5.74, 6) is 0.385. The molecule has 0 bridgehead atoms. The second kappa shape index (κ2) is 6.69. The molecule has 0 aliphatic heterocycles. The summed E-state index contributed by atoms with van der Waals surface area (Å²) in [5, 5.41) is 11.9. The Bertz CT molecular complexity index is 613. The van der Waals surface area contributed by atoms with Crippen LogP contribution in [0, 0.1) is 0 Å². The second-order valence-corrected chi connectivity index (χ2v) is 4.67. The Morgan fingerprint density at radius 3 is 2.62 bits per heavy atom.